The molecule has 1 aromatic carbocycles. The van der Waals surface area contributed by atoms with Gasteiger partial charge in [0.2, 0.25) is 0 Å². The molecule has 0 aliphatic rings. The molecule has 2 nitrogen and oxygen atoms in total. The first kappa shape index (κ1) is 14.5. The van der Waals surface area contributed by atoms with Crippen LogP contribution in [0, 0.1) is 13.8 Å². The molecule has 0 aliphatic heterocycles. The molecule has 0 radical (unpaired) electrons. The Morgan fingerprint density at radius 3 is 2.18 bits per heavy atom. The van der Waals surface area contributed by atoms with Crippen LogP contribution in [0.15, 0.2) is 16.6 Å². The number of rotatable bonds is 5. The van der Waals surface area contributed by atoms with E-state index in [9.17, 15) is 0 Å². The number of methoxy groups -OCH3 is 1. The van der Waals surface area contributed by atoms with Crippen molar-refractivity contribution in [2.45, 2.75) is 39.7 Å². The van der Waals surface area contributed by atoms with Crippen LogP contribution in [0.5, 0.6) is 5.75 Å². The Kier molecular flexibility index (Phi) is 5.02. The first-order valence-electron chi connectivity index (χ1n) is 5.80. The molecular formula is C14H21BrO2. The topological polar surface area (TPSA) is 18.5 Å². The summed E-state index contributed by atoms with van der Waals surface area (Å²) in [5, 5.41) is 0. The summed E-state index contributed by atoms with van der Waals surface area (Å²) >= 11 is 3.55. The van der Waals surface area contributed by atoms with Gasteiger partial charge in [0.15, 0.2) is 0 Å². The highest BCUT2D eigenvalue weighted by atomic mass is 79.9. The quantitative estimate of drug-likeness (QED) is 0.809. The highest BCUT2D eigenvalue weighted by Crippen LogP contribution is 2.26. The normalized spacial score (nSPS) is 11.6. The fraction of sp³-hybridized carbons (Fsp3) is 0.571. The van der Waals surface area contributed by atoms with Crippen molar-refractivity contribution in [2.24, 2.45) is 0 Å². The van der Waals surface area contributed by atoms with E-state index >= 15 is 0 Å². The third-order valence-corrected chi connectivity index (χ3v) is 4.19. The van der Waals surface area contributed by atoms with Gasteiger partial charge in [0.25, 0.3) is 0 Å². The minimum Gasteiger partial charge on any atom is -0.493 e. The third-order valence-electron chi connectivity index (χ3n) is 2.94. The van der Waals surface area contributed by atoms with E-state index < -0.39 is 0 Å². The first-order valence-corrected chi connectivity index (χ1v) is 6.60. The van der Waals surface area contributed by atoms with E-state index in [0.717, 1.165) is 16.6 Å². The van der Waals surface area contributed by atoms with Crippen LogP contribution in [0.4, 0.5) is 0 Å². The fourth-order valence-electron chi connectivity index (χ4n) is 1.51. The fourth-order valence-corrected chi connectivity index (χ4v) is 1.74. The van der Waals surface area contributed by atoms with Gasteiger partial charge in [-0.3, -0.25) is 0 Å². The van der Waals surface area contributed by atoms with E-state index in [-0.39, 0.29) is 5.60 Å². The van der Waals surface area contributed by atoms with Gasteiger partial charge in [-0.1, -0.05) is 15.9 Å². The summed E-state index contributed by atoms with van der Waals surface area (Å²) < 4.78 is 12.3. The van der Waals surface area contributed by atoms with Crippen LogP contribution in [0.3, 0.4) is 0 Å². The average Bonchev–Trinajstić information content (AvgIpc) is 2.25. The van der Waals surface area contributed by atoms with Crippen LogP contribution in [0.1, 0.15) is 31.4 Å². The first-order chi connectivity index (χ1) is 7.85. The van der Waals surface area contributed by atoms with Gasteiger partial charge in [-0.25, -0.2) is 0 Å². The number of benzene rings is 1. The van der Waals surface area contributed by atoms with Crippen LogP contribution in [0.2, 0.25) is 0 Å². The van der Waals surface area contributed by atoms with Gasteiger partial charge in [-0.05, 0) is 51.0 Å². The second kappa shape index (κ2) is 5.87. The molecular weight excluding hydrogens is 280 g/mol. The molecule has 1 rings (SSSR count). The number of hydrogen-bond acceptors (Lipinski definition) is 2. The molecule has 0 unspecified atom stereocenters. The SMILES string of the molecule is COC(C)(C)CCOc1cc(C)c(Br)c(C)c1. The van der Waals surface area contributed by atoms with Crippen LogP contribution in [-0.2, 0) is 4.74 Å². The van der Waals surface area contributed by atoms with Crippen LogP contribution >= 0.6 is 15.9 Å². The standard InChI is InChI=1S/C14H21BrO2/c1-10-8-12(9-11(2)13(10)15)17-7-6-14(3,4)16-5/h8-9H,6-7H2,1-5H3. The molecule has 1 aromatic rings. The van der Waals surface area contributed by atoms with Crippen molar-refractivity contribution in [3.05, 3.63) is 27.7 Å². The molecule has 0 aliphatic carbocycles. The maximum absolute atomic E-state index is 5.76. The Hall–Kier alpha value is -0.540. The lowest BCUT2D eigenvalue weighted by Crippen LogP contribution is -2.25. The van der Waals surface area contributed by atoms with E-state index in [1.165, 1.54) is 11.1 Å². The molecule has 17 heavy (non-hydrogen) atoms. The summed E-state index contributed by atoms with van der Waals surface area (Å²) in [4.78, 5) is 0. The molecule has 0 atom stereocenters. The van der Waals surface area contributed by atoms with Crippen molar-refractivity contribution in [1.29, 1.82) is 0 Å². The lowest BCUT2D eigenvalue weighted by Gasteiger charge is -2.22. The molecule has 0 heterocycles. The van der Waals surface area contributed by atoms with E-state index in [4.69, 9.17) is 9.47 Å². The number of hydrogen-bond donors (Lipinski definition) is 0. The average molecular weight is 301 g/mol. The Morgan fingerprint density at radius 1 is 1.18 bits per heavy atom. The maximum Gasteiger partial charge on any atom is 0.119 e. The molecule has 0 bridgehead atoms. The summed E-state index contributed by atoms with van der Waals surface area (Å²) in [5.74, 6) is 0.926. The van der Waals surface area contributed by atoms with Gasteiger partial charge in [0.1, 0.15) is 5.75 Å². The van der Waals surface area contributed by atoms with E-state index in [2.05, 4.69) is 55.8 Å². The zero-order chi connectivity index (χ0) is 13.1. The summed E-state index contributed by atoms with van der Waals surface area (Å²) in [5.41, 5.74) is 2.27. The number of aryl methyl sites for hydroxylation is 2. The molecule has 0 saturated heterocycles. The van der Waals surface area contributed by atoms with Gasteiger partial charge >= 0.3 is 0 Å². The molecule has 3 heteroatoms. The molecule has 96 valence electrons. The monoisotopic (exact) mass is 300 g/mol. The highest BCUT2D eigenvalue weighted by molar-refractivity contribution is 9.10. The van der Waals surface area contributed by atoms with Crippen LogP contribution < -0.4 is 4.74 Å². The largest absolute Gasteiger partial charge is 0.493 e. The van der Waals surface area contributed by atoms with Crippen molar-refractivity contribution >= 4 is 15.9 Å². The van der Waals surface area contributed by atoms with Crippen molar-refractivity contribution < 1.29 is 9.47 Å². The lowest BCUT2D eigenvalue weighted by atomic mass is 10.1. The Labute approximate surface area is 112 Å². The van der Waals surface area contributed by atoms with Crippen LogP contribution in [-0.4, -0.2) is 19.3 Å². The predicted octanol–water partition coefficient (Wildman–Crippen LogP) is 4.26. The van der Waals surface area contributed by atoms with E-state index in [1.807, 2.05) is 0 Å². The van der Waals surface area contributed by atoms with Gasteiger partial charge in [-0.2, -0.15) is 0 Å². The number of halogens is 1. The van der Waals surface area contributed by atoms with Gasteiger partial charge in [-0.15, -0.1) is 0 Å². The summed E-state index contributed by atoms with van der Waals surface area (Å²) in [6.07, 6.45) is 0.873. The molecule has 0 aromatic heterocycles. The smallest absolute Gasteiger partial charge is 0.119 e. The highest BCUT2D eigenvalue weighted by Gasteiger charge is 2.16. The Morgan fingerprint density at radius 2 is 1.71 bits per heavy atom. The Bertz CT molecular complexity index is 363. The van der Waals surface area contributed by atoms with Crippen molar-refractivity contribution in [1.82, 2.24) is 0 Å². The maximum atomic E-state index is 5.76. The minimum atomic E-state index is -0.126. The molecule has 0 N–H and O–H groups in total. The zero-order valence-electron chi connectivity index (χ0n) is 11.3. The van der Waals surface area contributed by atoms with Gasteiger partial charge < -0.3 is 9.47 Å². The second-order valence-electron chi connectivity index (χ2n) is 4.93. The zero-order valence-corrected chi connectivity index (χ0v) is 12.8. The second-order valence-corrected chi connectivity index (χ2v) is 5.73. The summed E-state index contributed by atoms with van der Waals surface area (Å²) in [6, 6.07) is 4.10. The molecule has 0 spiro atoms. The lowest BCUT2D eigenvalue weighted by molar-refractivity contribution is 0.00545. The van der Waals surface area contributed by atoms with Crippen molar-refractivity contribution in [2.75, 3.05) is 13.7 Å². The van der Waals surface area contributed by atoms with E-state index in [0.29, 0.717) is 6.61 Å². The van der Waals surface area contributed by atoms with Crippen molar-refractivity contribution in [3.8, 4) is 5.75 Å². The summed E-state index contributed by atoms with van der Waals surface area (Å²) in [6.45, 7) is 8.94. The molecule has 0 amide bonds. The Balaban J connectivity index is 2.59. The van der Waals surface area contributed by atoms with Crippen molar-refractivity contribution in [3.63, 3.8) is 0 Å². The predicted molar refractivity (Wildman–Crippen MR) is 74.8 cm³/mol. The summed E-state index contributed by atoms with van der Waals surface area (Å²) in [7, 11) is 1.73. The minimum absolute atomic E-state index is 0.126. The molecule has 0 saturated carbocycles. The molecule has 0 fully saturated rings. The van der Waals surface area contributed by atoms with Gasteiger partial charge in [0.05, 0.1) is 12.2 Å². The third kappa shape index (κ3) is 4.32. The van der Waals surface area contributed by atoms with E-state index in [1.54, 1.807) is 7.11 Å². The van der Waals surface area contributed by atoms with Crippen LogP contribution in [0.25, 0.3) is 0 Å². The van der Waals surface area contributed by atoms with Gasteiger partial charge in [0, 0.05) is 18.0 Å². The number of ether oxygens (including phenoxy) is 2.